The van der Waals surface area contributed by atoms with Crippen LogP contribution >= 0.6 is 0 Å². The van der Waals surface area contributed by atoms with E-state index >= 15 is 0 Å². The van der Waals surface area contributed by atoms with E-state index in [2.05, 4.69) is 10.3 Å². The molecule has 4 nitrogen and oxygen atoms in total. The number of halogens is 1. The van der Waals surface area contributed by atoms with Crippen LogP contribution in [-0.4, -0.2) is 16.7 Å². The lowest BCUT2D eigenvalue weighted by molar-refractivity contribution is -0.117. The van der Waals surface area contributed by atoms with E-state index in [1.165, 1.54) is 18.3 Å². The highest BCUT2D eigenvalue weighted by Gasteiger charge is 2.19. The van der Waals surface area contributed by atoms with Gasteiger partial charge in [0.2, 0.25) is 0 Å². The fourth-order valence-corrected chi connectivity index (χ4v) is 2.25. The van der Waals surface area contributed by atoms with Gasteiger partial charge in [0, 0.05) is 23.6 Å². The predicted molar refractivity (Wildman–Crippen MR) is 80.9 cm³/mol. The fraction of sp³-hybridized carbons (Fsp3) is 0.0588. The molecule has 0 radical (unpaired) electrons. The highest BCUT2D eigenvalue weighted by Crippen LogP contribution is 2.18. The van der Waals surface area contributed by atoms with Crippen molar-refractivity contribution in [1.82, 2.24) is 10.3 Å². The van der Waals surface area contributed by atoms with Crippen molar-refractivity contribution >= 4 is 22.6 Å². The molecule has 2 aromatic carbocycles. The highest BCUT2D eigenvalue weighted by molar-refractivity contribution is 6.44. The number of fused-ring (bicyclic) bond motifs is 1. The molecule has 110 valence electrons. The molecule has 0 aliphatic heterocycles. The third-order valence-electron chi connectivity index (χ3n) is 3.41. The predicted octanol–water partition coefficient (Wildman–Crippen LogP) is 2.81. The first-order valence-corrected chi connectivity index (χ1v) is 6.78. The minimum absolute atomic E-state index is 0.174. The van der Waals surface area contributed by atoms with Crippen molar-refractivity contribution in [2.45, 2.75) is 6.54 Å². The number of H-pyrrole nitrogens is 1. The van der Waals surface area contributed by atoms with Gasteiger partial charge in [0.1, 0.15) is 5.82 Å². The molecule has 3 aromatic rings. The van der Waals surface area contributed by atoms with Crippen LogP contribution < -0.4 is 5.32 Å². The minimum atomic E-state index is -0.686. The summed E-state index contributed by atoms with van der Waals surface area (Å²) in [5, 5.41) is 3.26. The summed E-state index contributed by atoms with van der Waals surface area (Å²) in [6.07, 6.45) is 1.53. The zero-order chi connectivity index (χ0) is 15.5. The first-order valence-electron chi connectivity index (χ1n) is 6.78. The molecule has 1 amide bonds. The summed E-state index contributed by atoms with van der Waals surface area (Å²) >= 11 is 0. The number of aromatic amines is 1. The number of rotatable bonds is 4. The van der Waals surface area contributed by atoms with E-state index in [9.17, 15) is 14.0 Å². The van der Waals surface area contributed by atoms with Crippen molar-refractivity contribution in [2.75, 3.05) is 0 Å². The van der Waals surface area contributed by atoms with Gasteiger partial charge in [0.05, 0.1) is 5.56 Å². The van der Waals surface area contributed by atoms with Crippen LogP contribution in [0.4, 0.5) is 4.39 Å². The maximum absolute atomic E-state index is 12.8. The molecule has 2 N–H and O–H groups in total. The zero-order valence-electron chi connectivity index (χ0n) is 11.6. The van der Waals surface area contributed by atoms with Crippen LogP contribution in [0.15, 0.2) is 54.7 Å². The molecule has 22 heavy (non-hydrogen) atoms. The molecule has 0 saturated heterocycles. The van der Waals surface area contributed by atoms with Crippen molar-refractivity contribution in [1.29, 1.82) is 0 Å². The molecule has 0 fully saturated rings. The summed E-state index contributed by atoms with van der Waals surface area (Å²) in [4.78, 5) is 27.1. The lowest BCUT2D eigenvalue weighted by atomic mass is 10.1. The van der Waals surface area contributed by atoms with Gasteiger partial charge in [-0.25, -0.2) is 4.39 Å². The average molecular weight is 296 g/mol. The number of benzene rings is 2. The number of nitrogens with one attached hydrogen (secondary N) is 2. The summed E-state index contributed by atoms with van der Waals surface area (Å²) in [6.45, 7) is 0.174. The summed E-state index contributed by atoms with van der Waals surface area (Å²) in [5.74, 6) is -1.63. The minimum Gasteiger partial charge on any atom is -0.360 e. The summed E-state index contributed by atoms with van der Waals surface area (Å²) in [6, 6.07) is 13.0. The Hall–Kier alpha value is -2.95. The van der Waals surface area contributed by atoms with E-state index in [1.807, 2.05) is 18.2 Å². The van der Waals surface area contributed by atoms with Crippen LogP contribution in [0.2, 0.25) is 0 Å². The Morgan fingerprint density at radius 1 is 1.05 bits per heavy atom. The molecular formula is C17H13FN2O2. The van der Waals surface area contributed by atoms with Crippen LogP contribution in [0.25, 0.3) is 10.9 Å². The molecule has 0 unspecified atom stereocenters. The molecule has 0 spiro atoms. The number of para-hydroxylation sites is 1. The second kappa shape index (κ2) is 5.81. The molecule has 5 heteroatoms. The summed E-state index contributed by atoms with van der Waals surface area (Å²) in [5.41, 5.74) is 1.87. The van der Waals surface area contributed by atoms with Crippen LogP contribution in [0, 0.1) is 5.82 Å². The number of hydrogen-bond acceptors (Lipinski definition) is 2. The van der Waals surface area contributed by atoms with E-state index in [1.54, 1.807) is 18.2 Å². The smallest absolute Gasteiger partial charge is 0.292 e. The fourth-order valence-electron chi connectivity index (χ4n) is 2.25. The molecule has 0 aliphatic carbocycles. The number of carbonyl (C=O) groups excluding carboxylic acids is 2. The molecule has 1 aromatic heterocycles. The first-order chi connectivity index (χ1) is 10.6. The molecule has 0 saturated carbocycles. The Bertz CT molecular complexity index is 837. The normalized spacial score (nSPS) is 10.6. The second-order valence-electron chi connectivity index (χ2n) is 4.89. The van der Waals surface area contributed by atoms with Gasteiger partial charge in [-0.15, -0.1) is 0 Å². The van der Waals surface area contributed by atoms with Gasteiger partial charge in [0.15, 0.2) is 0 Å². The van der Waals surface area contributed by atoms with Gasteiger partial charge in [0.25, 0.3) is 11.7 Å². The van der Waals surface area contributed by atoms with E-state index in [0.29, 0.717) is 10.9 Å². The number of amides is 1. The molecule has 1 heterocycles. The zero-order valence-corrected chi connectivity index (χ0v) is 11.6. The van der Waals surface area contributed by atoms with Crippen molar-refractivity contribution in [3.63, 3.8) is 0 Å². The van der Waals surface area contributed by atoms with Gasteiger partial charge in [-0.2, -0.15) is 0 Å². The Morgan fingerprint density at radius 2 is 1.77 bits per heavy atom. The number of Topliss-reactive ketones (excluding diaryl/α,β-unsaturated/α-hetero) is 1. The lowest BCUT2D eigenvalue weighted by Gasteiger charge is -2.04. The number of aromatic nitrogens is 1. The van der Waals surface area contributed by atoms with E-state index < -0.39 is 11.7 Å². The van der Waals surface area contributed by atoms with E-state index in [4.69, 9.17) is 0 Å². The van der Waals surface area contributed by atoms with Crippen molar-refractivity contribution in [3.05, 3.63) is 71.7 Å². The monoisotopic (exact) mass is 296 g/mol. The van der Waals surface area contributed by atoms with Crippen LogP contribution in [-0.2, 0) is 11.3 Å². The van der Waals surface area contributed by atoms with E-state index in [0.717, 1.165) is 11.1 Å². The van der Waals surface area contributed by atoms with Crippen LogP contribution in [0.1, 0.15) is 15.9 Å². The molecule has 0 bridgehead atoms. The first kappa shape index (κ1) is 14.0. The Kier molecular flexibility index (Phi) is 3.70. The Morgan fingerprint density at radius 3 is 2.55 bits per heavy atom. The SMILES string of the molecule is O=C(NCc1ccc(F)cc1)C(=O)c1c[nH]c2ccccc12. The average Bonchev–Trinajstić information content (AvgIpc) is 2.97. The van der Waals surface area contributed by atoms with Crippen molar-refractivity contribution < 1.29 is 14.0 Å². The number of carbonyl (C=O) groups is 2. The van der Waals surface area contributed by atoms with Gasteiger partial charge in [-0.1, -0.05) is 30.3 Å². The Balaban J connectivity index is 1.72. The third-order valence-corrected chi connectivity index (χ3v) is 3.41. The standard InChI is InChI=1S/C17H13FN2O2/c18-12-7-5-11(6-8-12)9-20-17(22)16(21)14-10-19-15-4-2-1-3-13(14)15/h1-8,10,19H,9H2,(H,20,22). The molecule has 3 rings (SSSR count). The van der Waals surface area contributed by atoms with Gasteiger partial charge in [-0.05, 0) is 23.8 Å². The molecular weight excluding hydrogens is 283 g/mol. The lowest BCUT2D eigenvalue weighted by Crippen LogP contribution is -2.30. The second-order valence-corrected chi connectivity index (χ2v) is 4.89. The van der Waals surface area contributed by atoms with Crippen molar-refractivity contribution in [2.24, 2.45) is 0 Å². The van der Waals surface area contributed by atoms with Crippen LogP contribution in [0.5, 0.6) is 0 Å². The Labute approximate surface area is 126 Å². The molecule has 0 atom stereocenters. The third kappa shape index (κ3) is 2.74. The number of hydrogen-bond donors (Lipinski definition) is 2. The van der Waals surface area contributed by atoms with Crippen LogP contribution in [0.3, 0.4) is 0 Å². The van der Waals surface area contributed by atoms with Gasteiger partial charge < -0.3 is 10.3 Å². The summed E-state index contributed by atoms with van der Waals surface area (Å²) in [7, 11) is 0. The van der Waals surface area contributed by atoms with Crippen molar-refractivity contribution in [3.8, 4) is 0 Å². The van der Waals surface area contributed by atoms with E-state index in [-0.39, 0.29) is 12.4 Å². The quantitative estimate of drug-likeness (QED) is 0.574. The summed E-state index contributed by atoms with van der Waals surface area (Å²) < 4.78 is 12.8. The maximum Gasteiger partial charge on any atom is 0.292 e. The highest BCUT2D eigenvalue weighted by atomic mass is 19.1. The number of ketones is 1. The maximum atomic E-state index is 12.8. The largest absolute Gasteiger partial charge is 0.360 e. The van der Waals surface area contributed by atoms with Gasteiger partial charge >= 0.3 is 0 Å². The molecule has 0 aliphatic rings. The van der Waals surface area contributed by atoms with Gasteiger partial charge in [-0.3, -0.25) is 9.59 Å². The topological polar surface area (TPSA) is 62.0 Å².